The molecule has 1 saturated carbocycles. The summed E-state index contributed by atoms with van der Waals surface area (Å²) < 4.78 is 1.90. The molecule has 2 N–H and O–H groups in total. The van der Waals surface area contributed by atoms with Gasteiger partial charge in [0.05, 0.1) is 17.4 Å². The fourth-order valence-corrected chi connectivity index (χ4v) is 4.77. The summed E-state index contributed by atoms with van der Waals surface area (Å²) in [4.78, 5) is 30.3. The minimum atomic E-state index is -0.231. The maximum absolute atomic E-state index is 13.3. The van der Waals surface area contributed by atoms with Crippen molar-refractivity contribution in [2.45, 2.75) is 38.5 Å². The van der Waals surface area contributed by atoms with Crippen LogP contribution >= 0.6 is 0 Å². The molecule has 0 spiro atoms. The van der Waals surface area contributed by atoms with Crippen molar-refractivity contribution in [2.24, 2.45) is 5.92 Å². The lowest BCUT2D eigenvalue weighted by atomic mass is 10.0. The molecule has 6 rings (SSSR count). The van der Waals surface area contributed by atoms with E-state index in [-0.39, 0.29) is 5.91 Å². The third kappa shape index (κ3) is 5.42. The van der Waals surface area contributed by atoms with Crippen molar-refractivity contribution in [1.82, 2.24) is 19.7 Å². The van der Waals surface area contributed by atoms with E-state index in [0.717, 1.165) is 46.3 Å². The molecule has 1 fully saturated rings. The molecule has 7 heteroatoms. The smallest absolute Gasteiger partial charge is 0.258 e. The second-order valence-corrected chi connectivity index (χ2v) is 10.0. The molecular weight excluding hydrogens is 474 g/mol. The number of H-pyrrole nitrogens is 1. The summed E-state index contributed by atoms with van der Waals surface area (Å²) in [5.74, 6) is 1.19. The zero-order valence-electron chi connectivity index (χ0n) is 21.1. The number of anilines is 1. The van der Waals surface area contributed by atoms with E-state index in [0.29, 0.717) is 36.1 Å². The summed E-state index contributed by atoms with van der Waals surface area (Å²) in [6.07, 6.45) is 8.87. The molecule has 190 valence electrons. The number of hydrogen-bond acceptors (Lipinski definition) is 4. The van der Waals surface area contributed by atoms with Crippen LogP contribution in [0.5, 0.6) is 0 Å². The SMILES string of the molecule is O=C(CCCc1cn(-c2ccccc2)c(NC(=O)c2cccc(-c3ccc4[nH]ncc4c3)c2)n1)CC1CC1. The van der Waals surface area contributed by atoms with Crippen LogP contribution in [0.3, 0.4) is 0 Å². The van der Waals surface area contributed by atoms with Gasteiger partial charge < -0.3 is 0 Å². The number of rotatable bonds is 10. The lowest BCUT2D eigenvalue weighted by molar-refractivity contribution is -0.119. The van der Waals surface area contributed by atoms with Crippen LogP contribution < -0.4 is 5.32 Å². The molecule has 1 aliphatic rings. The van der Waals surface area contributed by atoms with E-state index in [1.165, 1.54) is 12.8 Å². The first-order valence-corrected chi connectivity index (χ1v) is 13.1. The molecule has 2 heterocycles. The summed E-state index contributed by atoms with van der Waals surface area (Å²) in [6.45, 7) is 0. The van der Waals surface area contributed by atoms with Gasteiger partial charge in [-0.25, -0.2) is 4.98 Å². The minimum absolute atomic E-state index is 0.231. The average molecular weight is 504 g/mol. The van der Waals surface area contributed by atoms with E-state index in [9.17, 15) is 9.59 Å². The van der Waals surface area contributed by atoms with Crippen LogP contribution in [0.25, 0.3) is 27.7 Å². The van der Waals surface area contributed by atoms with Gasteiger partial charge in [-0.3, -0.25) is 24.6 Å². The fourth-order valence-electron chi connectivity index (χ4n) is 4.77. The van der Waals surface area contributed by atoms with Crippen LogP contribution in [-0.2, 0) is 11.2 Å². The van der Waals surface area contributed by atoms with Gasteiger partial charge in [-0.05, 0) is 79.1 Å². The van der Waals surface area contributed by atoms with Gasteiger partial charge in [0.15, 0.2) is 0 Å². The predicted molar refractivity (Wildman–Crippen MR) is 148 cm³/mol. The molecule has 0 aliphatic heterocycles. The fraction of sp³-hybridized carbons (Fsp3) is 0.226. The maximum Gasteiger partial charge on any atom is 0.258 e. The number of hydrogen-bond donors (Lipinski definition) is 2. The largest absolute Gasteiger partial charge is 0.300 e. The van der Waals surface area contributed by atoms with Crippen LogP contribution in [-0.4, -0.2) is 31.4 Å². The number of aryl methyl sites for hydroxylation is 1. The first-order valence-electron chi connectivity index (χ1n) is 13.1. The number of para-hydroxylation sites is 1. The number of carbonyl (C=O) groups is 2. The summed E-state index contributed by atoms with van der Waals surface area (Å²) >= 11 is 0. The Morgan fingerprint density at radius 1 is 0.974 bits per heavy atom. The summed E-state index contributed by atoms with van der Waals surface area (Å²) in [7, 11) is 0. The highest BCUT2D eigenvalue weighted by atomic mass is 16.1. The van der Waals surface area contributed by atoms with Crippen LogP contribution in [0.15, 0.2) is 85.2 Å². The molecule has 38 heavy (non-hydrogen) atoms. The van der Waals surface area contributed by atoms with Gasteiger partial charge in [0, 0.05) is 35.7 Å². The zero-order chi connectivity index (χ0) is 25.9. The van der Waals surface area contributed by atoms with Gasteiger partial charge in [0.2, 0.25) is 5.95 Å². The van der Waals surface area contributed by atoms with Crippen molar-refractivity contribution < 1.29 is 9.59 Å². The van der Waals surface area contributed by atoms with Crippen molar-refractivity contribution in [1.29, 1.82) is 0 Å². The van der Waals surface area contributed by atoms with Crippen molar-refractivity contribution >= 4 is 28.5 Å². The average Bonchev–Trinajstić information content (AvgIpc) is 3.47. The molecule has 1 aliphatic carbocycles. The highest BCUT2D eigenvalue weighted by Gasteiger charge is 2.24. The molecule has 0 saturated heterocycles. The number of nitrogens with zero attached hydrogens (tertiary/aromatic N) is 3. The topological polar surface area (TPSA) is 92.7 Å². The third-order valence-electron chi connectivity index (χ3n) is 7.02. The Balaban J connectivity index is 1.21. The second kappa shape index (κ2) is 10.5. The first kappa shape index (κ1) is 23.9. The highest BCUT2D eigenvalue weighted by Crippen LogP contribution is 2.33. The van der Waals surface area contributed by atoms with Crippen molar-refractivity contribution in [3.63, 3.8) is 0 Å². The molecular formula is C31H29N5O2. The molecule has 0 unspecified atom stereocenters. The summed E-state index contributed by atoms with van der Waals surface area (Å²) in [5, 5.41) is 11.1. The Hall–Kier alpha value is -4.52. The molecule has 0 bridgehead atoms. The Morgan fingerprint density at radius 2 is 1.82 bits per heavy atom. The standard InChI is InChI=1S/C31H29N5O2/c37-28(16-21-12-13-21)11-5-8-26-20-36(27-9-2-1-3-10-27)31(33-26)34-30(38)24-7-4-6-22(17-24)23-14-15-29-25(18-23)19-32-35-29/h1-4,6-7,9-10,14-15,17-21H,5,8,11-13,16H2,(H,32,35)(H,33,34,38). The van der Waals surface area contributed by atoms with Crippen LogP contribution in [0.2, 0.25) is 0 Å². The molecule has 1 amide bonds. The van der Waals surface area contributed by atoms with Gasteiger partial charge >= 0.3 is 0 Å². The third-order valence-corrected chi connectivity index (χ3v) is 7.02. The number of nitrogens with one attached hydrogen (secondary N) is 2. The number of fused-ring (bicyclic) bond motifs is 1. The van der Waals surface area contributed by atoms with E-state index in [2.05, 4.69) is 21.6 Å². The highest BCUT2D eigenvalue weighted by molar-refractivity contribution is 6.04. The Kier molecular flexibility index (Phi) is 6.56. The maximum atomic E-state index is 13.3. The van der Waals surface area contributed by atoms with Crippen molar-refractivity contribution in [2.75, 3.05) is 5.32 Å². The number of aromatic amines is 1. The normalized spacial score (nSPS) is 13.1. The van der Waals surface area contributed by atoms with Gasteiger partial charge in [-0.2, -0.15) is 5.10 Å². The van der Waals surface area contributed by atoms with E-state index >= 15 is 0 Å². The Bertz CT molecular complexity index is 1600. The van der Waals surface area contributed by atoms with Gasteiger partial charge in [0.25, 0.3) is 5.91 Å². The molecule has 5 aromatic rings. The molecule has 0 radical (unpaired) electrons. The lowest BCUT2D eigenvalue weighted by Crippen LogP contribution is -2.15. The number of imidazole rings is 1. The zero-order valence-corrected chi connectivity index (χ0v) is 21.1. The van der Waals surface area contributed by atoms with E-state index < -0.39 is 0 Å². The van der Waals surface area contributed by atoms with E-state index in [4.69, 9.17) is 4.98 Å². The van der Waals surface area contributed by atoms with E-state index in [1.54, 1.807) is 12.3 Å². The number of Topliss-reactive ketones (excluding diaryl/α,β-unsaturated/α-hetero) is 1. The number of carbonyl (C=O) groups excluding carboxylic acids is 2. The second-order valence-electron chi connectivity index (χ2n) is 10.0. The monoisotopic (exact) mass is 503 g/mol. The number of aromatic nitrogens is 4. The Morgan fingerprint density at radius 3 is 2.66 bits per heavy atom. The summed E-state index contributed by atoms with van der Waals surface area (Å²) in [5.41, 5.74) is 5.24. The van der Waals surface area contributed by atoms with Gasteiger partial charge in [-0.15, -0.1) is 0 Å². The first-order chi connectivity index (χ1) is 18.6. The molecule has 0 atom stereocenters. The number of benzene rings is 3. The lowest BCUT2D eigenvalue weighted by Gasteiger charge is -2.10. The minimum Gasteiger partial charge on any atom is -0.300 e. The van der Waals surface area contributed by atoms with Gasteiger partial charge in [0.1, 0.15) is 5.78 Å². The van der Waals surface area contributed by atoms with Crippen LogP contribution in [0.1, 0.15) is 48.2 Å². The summed E-state index contributed by atoms with van der Waals surface area (Å²) in [6, 6.07) is 23.5. The van der Waals surface area contributed by atoms with Gasteiger partial charge in [-0.1, -0.05) is 36.4 Å². The Labute approximate surface area is 220 Å². The number of amides is 1. The van der Waals surface area contributed by atoms with Crippen LogP contribution in [0.4, 0.5) is 5.95 Å². The van der Waals surface area contributed by atoms with E-state index in [1.807, 2.05) is 71.4 Å². The number of ketones is 1. The predicted octanol–water partition coefficient (Wildman–Crippen LogP) is 6.36. The molecule has 7 nitrogen and oxygen atoms in total. The quantitative estimate of drug-likeness (QED) is 0.232. The van der Waals surface area contributed by atoms with Crippen molar-refractivity contribution in [3.05, 3.63) is 96.4 Å². The van der Waals surface area contributed by atoms with Crippen LogP contribution in [0, 0.1) is 5.92 Å². The molecule has 2 aromatic heterocycles. The molecule has 3 aromatic carbocycles. The van der Waals surface area contributed by atoms with Crippen molar-refractivity contribution in [3.8, 4) is 16.8 Å².